The fourth-order valence-corrected chi connectivity index (χ4v) is 2.66. The van der Waals surface area contributed by atoms with Crippen molar-refractivity contribution >= 4 is 6.08 Å². The summed E-state index contributed by atoms with van der Waals surface area (Å²) in [5.41, 5.74) is -0.0754. The molecule has 0 amide bonds. The van der Waals surface area contributed by atoms with Crippen LogP contribution in [-0.2, 0) is 10.3 Å². The summed E-state index contributed by atoms with van der Waals surface area (Å²) >= 11 is 0. The van der Waals surface area contributed by atoms with Crippen molar-refractivity contribution in [1.82, 2.24) is 0 Å². The zero-order valence-electron chi connectivity index (χ0n) is 10.6. The first-order chi connectivity index (χ1) is 9.16. The van der Waals surface area contributed by atoms with Crippen LogP contribution in [0.2, 0.25) is 0 Å². The van der Waals surface area contributed by atoms with E-state index in [4.69, 9.17) is 10.00 Å². The summed E-state index contributed by atoms with van der Waals surface area (Å²) in [6.45, 7) is 0. The van der Waals surface area contributed by atoms with Crippen LogP contribution >= 0.6 is 0 Å². The third kappa shape index (κ3) is 2.23. The molecule has 0 bridgehead atoms. The first-order valence-electron chi connectivity index (χ1n) is 6.04. The van der Waals surface area contributed by atoms with Crippen molar-refractivity contribution < 1.29 is 13.9 Å². The third-order valence-corrected chi connectivity index (χ3v) is 3.60. The van der Waals surface area contributed by atoms with Crippen molar-refractivity contribution in [3.63, 3.8) is 0 Å². The van der Waals surface area contributed by atoms with Gasteiger partial charge >= 0.3 is 0 Å². The smallest absolute Gasteiger partial charge is 0.235 e. The molecule has 4 nitrogen and oxygen atoms in total. The number of nitriles is 1. The summed E-state index contributed by atoms with van der Waals surface area (Å²) in [6.07, 6.45) is 4.74. The van der Waals surface area contributed by atoms with Crippen molar-refractivity contribution in [2.75, 3.05) is 7.11 Å². The van der Waals surface area contributed by atoms with E-state index in [9.17, 15) is 9.18 Å². The first kappa shape index (κ1) is 13.3. The highest BCUT2D eigenvalue weighted by molar-refractivity contribution is 5.49. The van der Waals surface area contributed by atoms with Crippen molar-refractivity contribution in [3.05, 3.63) is 29.1 Å². The Hall–Kier alpha value is -2.18. The van der Waals surface area contributed by atoms with Gasteiger partial charge in [0.2, 0.25) is 6.08 Å². The Kier molecular flexibility index (Phi) is 3.64. The van der Waals surface area contributed by atoms with Gasteiger partial charge in [0.1, 0.15) is 6.07 Å². The minimum absolute atomic E-state index is 0.0746. The van der Waals surface area contributed by atoms with Gasteiger partial charge in [-0.1, -0.05) is 12.8 Å². The lowest BCUT2D eigenvalue weighted by Crippen LogP contribution is -2.19. The molecule has 98 valence electrons. The number of nitrogens with zero attached hydrogens (tertiary/aromatic N) is 2. The van der Waals surface area contributed by atoms with Crippen LogP contribution in [0.15, 0.2) is 17.1 Å². The van der Waals surface area contributed by atoms with Gasteiger partial charge in [0.15, 0.2) is 11.6 Å². The standard InChI is InChI=1S/C14H13FN2O2/c1-19-13-10(8-16)6-11(7-12(13)15)14(17-9-18)4-2-3-5-14/h6-7H,2-5H2,1H3. The largest absolute Gasteiger partial charge is 0.492 e. The Labute approximate surface area is 110 Å². The number of ether oxygens (including phenoxy) is 1. The van der Waals surface area contributed by atoms with Crippen LogP contribution in [0.3, 0.4) is 0 Å². The second-order valence-corrected chi connectivity index (χ2v) is 4.59. The molecule has 1 aliphatic rings. The van der Waals surface area contributed by atoms with E-state index in [1.165, 1.54) is 13.2 Å². The summed E-state index contributed by atoms with van der Waals surface area (Å²) in [7, 11) is 1.31. The summed E-state index contributed by atoms with van der Waals surface area (Å²) in [5.74, 6) is -0.682. The molecule has 2 rings (SSSR count). The minimum atomic E-state index is -0.736. The van der Waals surface area contributed by atoms with E-state index < -0.39 is 11.4 Å². The SMILES string of the molecule is COc1c(F)cc(C2(N=C=O)CCCC2)cc1C#N. The number of isocyanates is 1. The molecule has 1 aliphatic carbocycles. The molecule has 0 saturated heterocycles. The number of carbonyl (C=O) groups excluding carboxylic acids is 1. The van der Waals surface area contributed by atoms with E-state index in [-0.39, 0.29) is 11.3 Å². The van der Waals surface area contributed by atoms with Crippen LogP contribution in [0.4, 0.5) is 4.39 Å². The van der Waals surface area contributed by atoms with Crippen molar-refractivity contribution in [3.8, 4) is 11.8 Å². The molecule has 1 saturated carbocycles. The highest BCUT2D eigenvalue weighted by Crippen LogP contribution is 2.43. The number of hydrogen-bond donors (Lipinski definition) is 0. The fourth-order valence-electron chi connectivity index (χ4n) is 2.66. The van der Waals surface area contributed by atoms with Gasteiger partial charge in [-0.25, -0.2) is 9.18 Å². The predicted octanol–water partition coefficient (Wildman–Crippen LogP) is 2.81. The summed E-state index contributed by atoms with van der Waals surface area (Å²) in [4.78, 5) is 14.5. The predicted molar refractivity (Wildman–Crippen MR) is 65.9 cm³/mol. The Morgan fingerprint density at radius 2 is 2.11 bits per heavy atom. The van der Waals surface area contributed by atoms with Crippen LogP contribution in [0.5, 0.6) is 5.75 Å². The molecule has 0 aliphatic heterocycles. The van der Waals surface area contributed by atoms with Crippen LogP contribution in [0.1, 0.15) is 36.8 Å². The van der Waals surface area contributed by atoms with Gasteiger partial charge < -0.3 is 4.74 Å². The van der Waals surface area contributed by atoms with Gasteiger partial charge in [0.05, 0.1) is 18.2 Å². The average molecular weight is 260 g/mol. The van der Waals surface area contributed by atoms with Crippen LogP contribution in [0, 0.1) is 17.1 Å². The summed E-state index contributed by atoms with van der Waals surface area (Å²) in [5, 5.41) is 9.05. The van der Waals surface area contributed by atoms with Gasteiger partial charge in [-0.3, -0.25) is 0 Å². The van der Waals surface area contributed by atoms with Gasteiger partial charge in [-0.05, 0) is 30.5 Å². The van der Waals surface area contributed by atoms with Crippen LogP contribution < -0.4 is 4.74 Å². The number of benzene rings is 1. The topological polar surface area (TPSA) is 62.4 Å². The number of rotatable bonds is 3. The number of aliphatic imine (C=N–C) groups is 1. The zero-order valence-corrected chi connectivity index (χ0v) is 10.6. The fraction of sp³-hybridized carbons (Fsp3) is 0.429. The second-order valence-electron chi connectivity index (χ2n) is 4.59. The molecule has 0 N–H and O–H groups in total. The molecule has 0 spiro atoms. The maximum Gasteiger partial charge on any atom is 0.235 e. The minimum Gasteiger partial charge on any atom is -0.492 e. The lowest BCUT2D eigenvalue weighted by molar-refractivity contribution is 0.382. The lowest BCUT2D eigenvalue weighted by Gasteiger charge is -2.23. The second kappa shape index (κ2) is 5.21. The number of methoxy groups -OCH3 is 1. The van der Waals surface area contributed by atoms with E-state index in [0.29, 0.717) is 18.4 Å². The van der Waals surface area contributed by atoms with Crippen molar-refractivity contribution in [1.29, 1.82) is 5.26 Å². The highest BCUT2D eigenvalue weighted by atomic mass is 19.1. The Morgan fingerprint density at radius 1 is 1.42 bits per heavy atom. The van der Waals surface area contributed by atoms with Crippen molar-refractivity contribution in [2.24, 2.45) is 4.99 Å². The molecule has 0 unspecified atom stereocenters. The number of hydrogen-bond acceptors (Lipinski definition) is 4. The maximum absolute atomic E-state index is 13.9. The van der Waals surface area contributed by atoms with Crippen molar-refractivity contribution in [2.45, 2.75) is 31.2 Å². The van der Waals surface area contributed by atoms with Gasteiger partial charge in [0, 0.05) is 0 Å². The molecule has 0 aromatic heterocycles. The molecule has 0 radical (unpaired) electrons. The van der Waals surface area contributed by atoms with E-state index in [1.807, 2.05) is 6.07 Å². The van der Waals surface area contributed by atoms with Gasteiger partial charge in [-0.2, -0.15) is 10.3 Å². The molecular formula is C14H13FN2O2. The normalized spacial score (nSPS) is 16.5. The summed E-state index contributed by atoms with van der Waals surface area (Å²) < 4.78 is 18.8. The Morgan fingerprint density at radius 3 is 2.63 bits per heavy atom. The monoisotopic (exact) mass is 260 g/mol. The van der Waals surface area contributed by atoms with Gasteiger partial charge in [0.25, 0.3) is 0 Å². The van der Waals surface area contributed by atoms with E-state index >= 15 is 0 Å². The first-order valence-corrected chi connectivity index (χ1v) is 6.04. The molecule has 0 atom stereocenters. The molecule has 0 heterocycles. The molecule has 19 heavy (non-hydrogen) atoms. The Bertz CT molecular complexity index is 580. The Balaban J connectivity index is 2.60. The highest BCUT2D eigenvalue weighted by Gasteiger charge is 2.36. The maximum atomic E-state index is 13.9. The molecule has 1 fully saturated rings. The zero-order chi connectivity index (χ0) is 13.9. The van der Waals surface area contributed by atoms with E-state index in [1.54, 1.807) is 12.1 Å². The quantitative estimate of drug-likeness (QED) is 0.620. The van der Waals surface area contributed by atoms with Crippen LogP contribution in [0.25, 0.3) is 0 Å². The molecular weight excluding hydrogens is 247 g/mol. The lowest BCUT2D eigenvalue weighted by atomic mass is 9.87. The van der Waals surface area contributed by atoms with E-state index in [2.05, 4.69) is 4.99 Å². The molecule has 1 aromatic carbocycles. The summed E-state index contributed by atoms with van der Waals surface area (Å²) in [6, 6.07) is 4.75. The third-order valence-electron chi connectivity index (χ3n) is 3.60. The number of halogens is 1. The van der Waals surface area contributed by atoms with Crippen LogP contribution in [-0.4, -0.2) is 13.2 Å². The molecule has 5 heteroatoms. The average Bonchev–Trinajstić information content (AvgIpc) is 2.88. The van der Waals surface area contributed by atoms with E-state index in [0.717, 1.165) is 12.8 Å². The molecule has 1 aromatic rings. The van der Waals surface area contributed by atoms with Gasteiger partial charge in [-0.15, -0.1) is 0 Å².